The van der Waals surface area contributed by atoms with Crippen LogP contribution in [0.5, 0.6) is 0 Å². The lowest BCUT2D eigenvalue weighted by molar-refractivity contribution is 0.00578. The summed E-state index contributed by atoms with van der Waals surface area (Å²) in [7, 11) is -0.394. The van der Waals surface area contributed by atoms with Crippen LogP contribution in [0.2, 0.25) is 0 Å². The van der Waals surface area contributed by atoms with E-state index in [0.29, 0.717) is 0 Å². The third kappa shape index (κ3) is 4.67. The summed E-state index contributed by atoms with van der Waals surface area (Å²) in [6, 6.07) is 47.7. The minimum Gasteiger partial charge on any atom is -0.399 e. The fraction of sp³-hybridized carbons (Fsp3) is 0.158. The van der Waals surface area contributed by atoms with Gasteiger partial charge in [0.15, 0.2) is 0 Å². The molecule has 0 aliphatic carbocycles. The Morgan fingerprint density at radius 2 is 0.976 bits per heavy atom. The minimum atomic E-state index is -0.394. The highest BCUT2D eigenvalue weighted by molar-refractivity contribution is 6.62. The molecule has 1 aliphatic rings. The van der Waals surface area contributed by atoms with Crippen LogP contribution in [0.25, 0.3) is 32.7 Å². The molecule has 1 heterocycles. The summed E-state index contributed by atoms with van der Waals surface area (Å²) in [5, 5.41) is 4.97. The topological polar surface area (TPSA) is 21.7 Å². The summed E-state index contributed by atoms with van der Waals surface area (Å²) in [6.45, 7) is 8.36. The SMILES string of the molecule is CC1(C)OB(c2ccc(N(c3ccc(-c4ccccc4)cc3)c3ccc4ccc5ccccc5c4c3)cc2)OC1(C)C. The predicted molar refractivity (Wildman–Crippen MR) is 177 cm³/mol. The van der Waals surface area contributed by atoms with Gasteiger partial charge in [-0.1, -0.05) is 97.1 Å². The van der Waals surface area contributed by atoms with Gasteiger partial charge in [-0.05, 0) is 102 Å². The lowest BCUT2D eigenvalue weighted by Gasteiger charge is -2.32. The molecular formula is C38H34BNO2. The first-order valence-electron chi connectivity index (χ1n) is 14.6. The van der Waals surface area contributed by atoms with Gasteiger partial charge in [-0.2, -0.15) is 0 Å². The number of fused-ring (bicyclic) bond motifs is 3. The highest BCUT2D eigenvalue weighted by atomic mass is 16.7. The van der Waals surface area contributed by atoms with Gasteiger partial charge in [0.05, 0.1) is 11.2 Å². The van der Waals surface area contributed by atoms with Gasteiger partial charge < -0.3 is 14.2 Å². The van der Waals surface area contributed by atoms with Gasteiger partial charge in [0.1, 0.15) is 0 Å². The highest BCUT2D eigenvalue weighted by Crippen LogP contribution is 2.39. The van der Waals surface area contributed by atoms with Crippen molar-refractivity contribution in [2.45, 2.75) is 38.9 Å². The molecule has 1 aliphatic heterocycles. The smallest absolute Gasteiger partial charge is 0.399 e. The van der Waals surface area contributed by atoms with Gasteiger partial charge in [0, 0.05) is 17.1 Å². The molecule has 0 amide bonds. The van der Waals surface area contributed by atoms with Crippen molar-refractivity contribution in [3.63, 3.8) is 0 Å². The summed E-state index contributed by atoms with van der Waals surface area (Å²) in [6.07, 6.45) is 0. The Morgan fingerprint density at radius 3 is 1.64 bits per heavy atom. The van der Waals surface area contributed by atoms with Crippen molar-refractivity contribution in [3.05, 3.63) is 133 Å². The summed E-state index contributed by atoms with van der Waals surface area (Å²) in [4.78, 5) is 2.32. The van der Waals surface area contributed by atoms with E-state index in [2.05, 4.69) is 166 Å². The summed E-state index contributed by atoms with van der Waals surface area (Å²) in [5.41, 5.74) is 5.93. The zero-order valence-corrected chi connectivity index (χ0v) is 24.5. The molecule has 42 heavy (non-hydrogen) atoms. The maximum atomic E-state index is 6.33. The Balaban J connectivity index is 1.32. The van der Waals surface area contributed by atoms with Crippen LogP contribution in [-0.4, -0.2) is 18.3 Å². The van der Waals surface area contributed by atoms with E-state index in [1.165, 1.54) is 32.7 Å². The quantitative estimate of drug-likeness (QED) is 0.159. The molecule has 4 heteroatoms. The molecule has 1 fully saturated rings. The molecule has 6 aromatic carbocycles. The molecule has 0 spiro atoms. The van der Waals surface area contributed by atoms with Crippen molar-refractivity contribution in [1.82, 2.24) is 0 Å². The fourth-order valence-electron chi connectivity index (χ4n) is 5.77. The van der Waals surface area contributed by atoms with E-state index < -0.39 is 7.12 Å². The average molecular weight is 548 g/mol. The Hall–Kier alpha value is -4.38. The molecular weight excluding hydrogens is 513 g/mol. The van der Waals surface area contributed by atoms with E-state index in [0.717, 1.165) is 22.5 Å². The van der Waals surface area contributed by atoms with Gasteiger partial charge >= 0.3 is 7.12 Å². The monoisotopic (exact) mass is 547 g/mol. The zero-order valence-electron chi connectivity index (χ0n) is 24.5. The Kier molecular flexibility index (Phi) is 6.42. The summed E-state index contributed by atoms with van der Waals surface area (Å²) in [5.74, 6) is 0. The second kappa shape index (κ2) is 10.2. The largest absolute Gasteiger partial charge is 0.494 e. The van der Waals surface area contributed by atoms with Gasteiger partial charge in [0.2, 0.25) is 0 Å². The van der Waals surface area contributed by atoms with Crippen molar-refractivity contribution in [2.24, 2.45) is 0 Å². The number of benzene rings is 6. The molecule has 0 bridgehead atoms. The first-order valence-corrected chi connectivity index (χ1v) is 14.6. The molecule has 0 radical (unpaired) electrons. The molecule has 1 saturated heterocycles. The fourth-order valence-corrected chi connectivity index (χ4v) is 5.77. The summed E-state index contributed by atoms with van der Waals surface area (Å²) < 4.78 is 12.7. The minimum absolute atomic E-state index is 0.378. The third-order valence-corrected chi connectivity index (χ3v) is 8.90. The van der Waals surface area contributed by atoms with Crippen LogP contribution in [0, 0.1) is 0 Å². The van der Waals surface area contributed by atoms with Crippen LogP contribution in [0.1, 0.15) is 27.7 Å². The Bertz CT molecular complexity index is 1860. The van der Waals surface area contributed by atoms with Crippen molar-refractivity contribution in [1.29, 1.82) is 0 Å². The van der Waals surface area contributed by atoms with Crippen LogP contribution in [0.4, 0.5) is 17.1 Å². The molecule has 7 rings (SSSR count). The first-order chi connectivity index (χ1) is 20.3. The molecule has 0 aromatic heterocycles. The standard InChI is InChI=1S/C38H34BNO2/c1-37(2)38(3,4)42-39(41-37)31-19-24-33(25-20-31)40(32-21-16-28(17-22-32)27-10-6-5-7-11-27)34-23-18-30-15-14-29-12-8-9-13-35(29)36(30)26-34/h5-26H,1-4H3. The zero-order chi connectivity index (χ0) is 28.9. The van der Waals surface area contributed by atoms with Gasteiger partial charge in [-0.15, -0.1) is 0 Å². The lowest BCUT2D eigenvalue weighted by atomic mass is 9.79. The third-order valence-electron chi connectivity index (χ3n) is 8.90. The molecule has 0 saturated carbocycles. The maximum absolute atomic E-state index is 6.33. The second-order valence-corrected chi connectivity index (χ2v) is 12.1. The Morgan fingerprint density at radius 1 is 0.476 bits per heavy atom. The second-order valence-electron chi connectivity index (χ2n) is 12.1. The predicted octanol–water partition coefficient (Wildman–Crippen LogP) is 9.43. The molecule has 6 aromatic rings. The van der Waals surface area contributed by atoms with E-state index in [9.17, 15) is 0 Å². The normalized spacial score (nSPS) is 15.8. The Labute approximate surface area is 248 Å². The lowest BCUT2D eigenvalue weighted by Crippen LogP contribution is -2.41. The van der Waals surface area contributed by atoms with Crippen LogP contribution < -0.4 is 10.4 Å². The molecule has 0 atom stereocenters. The van der Waals surface area contributed by atoms with Crippen LogP contribution >= 0.6 is 0 Å². The molecule has 0 N–H and O–H groups in total. The van der Waals surface area contributed by atoms with Crippen LogP contribution in [0.3, 0.4) is 0 Å². The number of anilines is 3. The van der Waals surface area contributed by atoms with E-state index in [1.54, 1.807) is 0 Å². The van der Waals surface area contributed by atoms with Crippen molar-refractivity contribution < 1.29 is 9.31 Å². The summed E-state index contributed by atoms with van der Waals surface area (Å²) >= 11 is 0. The number of hydrogen-bond donors (Lipinski definition) is 0. The first kappa shape index (κ1) is 26.5. The van der Waals surface area contributed by atoms with Crippen LogP contribution in [-0.2, 0) is 9.31 Å². The highest BCUT2D eigenvalue weighted by Gasteiger charge is 2.51. The van der Waals surface area contributed by atoms with Gasteiger partial charge in [-0.25, -0.2) is 0 Å². The molecule has 0 unspecified atom stereocenters. The van der Waals surface area contributed by atoms with E-state index in [4.69, 9.17) is 9.31 Å². The van der Waals surface area contributed by atoms with Gasteiger partial charge in [0.25, 0.3) is 0 Å². The molecule has 206 valence electrons. The van der Waals surface area contributed by atoms with E-state index >= 15 is 0 Å². The number of hydrogen-bond acceptors (Lipinski definition) is 3. The number of rotatable bonds is 5. The maximum Gasteiger partial charge on any atom is 0.494 e. The van der Waals surface area contributed by atoms with Crippen LogP contribution in [0.15, 0.2) is 133 Å². The molecule has 3 nitrogen and oxygen atoms in total. The van der Waals surface area contributed by atoms with Crippen molar-refractivity contribution >= 4 is 51.2 Å². The number of nitrogens with zero attached hydrogens (tertiary/aromatic N) is 1. The van der Waals surface area contributed by atoms with E-state index in [1.807, 2.05) is 0 Å². The average Bonchev–Trinajstić information content (AvgIpc) is 3.24. The van der Waals surface area contributed by atoms with Gasteiger partial charge in [-0.3, -0.25) is 0 Å². The van der Waals surface area contributed by atoms with Crippen molar-refractivity contribution in [3.8, 4) is 11.1 Å². The van der Waals surface area contributed by atoms with E-state index in [-0.39, 0.29) is 11.2 Å². The van der Waals surface area contributed by atoms with Crippen molar-refractivity contribution in [2.75, 3.05) is 4.90 Å².